The van der Waals surface area contributed by atoms with E-state index in [1.165, 1.54) is 54.3 Å². The molecule has 3 aromatic rings. The first-order chi connectivity index (χ1) is 13.6. The lowest BCUT2D eigenvalue weighted by Gasteiger charge is -2.20. The summed E-state index contributed by atoms with van der Waals surface area (Å²) in [6.07, 6.45) is 7.78. The zero-order valence-electron chi connectivity index (χ0n) is 16.3. The van der Waals surface area contributed by atoms with E-state index in [4.69, 9.17) is 14.4 Å². The van der Waals surface area contributed by atoms with Crippen LogP contribution in [0.15, 0.2) is 27.8 Å². The zero-order valence-corrected chi connectivity index (χ0v) is 17.9. The van der Waals surface area contributed by atoms with Gasteiger partial charge in [-0.2, -0.15) is 0 Å². The molecule has 3 aromatic heterocycles. The van der Waals surface area contributed by atoms with Crippen molar-refractivity contribution in [2.24, 2.45) is 0 Å². The van der Waals surface area contributed by atoms with Gasteiger partial charge in [0.2, 0.25) is 5.91 Å². The summed E-state index contributed by atoms with van der Waals surface area (Å²) in [5, 5.41) is 4.97. The Bertz CT molecular complexity index is 960. The second kappa shape index (κ2) is 8.66. The lowest BCUT2D eigenvalue weighted by Crippen LogP contribution is -2.24. The molecule has 0 unspecified atom stereocenters. The number of fused-ring (bicyclic) bond motifs is 1. The van der Waals surface area contributed by atoms with E-state index in [1.54, 1.807) is 17.6 Å². The molecular formula is C21H25N3O2S2. The minimum Gasteiger partial charge on any atom is -0.467 e. The third-order valence-corrected chi connectivity index (χ3v) is 7.44. The summed E-state index contributed by atoms with van der Waals surface area (Å²) in [4.78, 5) is 24.5. The Balaban J connectivity index is 1.53. The molecule has 0 spiro atoms. The fourth-order valence-corrected chi connectivity index (χ4v) is 5.68. The second-order valence-electron chi connectivity index (χ2n) is 7.33. The molecule has 3 heterocycles. The molecule has 5 nitrogen and oxygen atoms in total. The van der Waals surface area contributed by atoms with Gasteiger partial charge in [0.05, 0.1) is 18.6 Å². The molecule has 4 rings (SSSR count). The van der Waals surface area contributed by atoms with E-state index in [1.807, 2.05) is 12.1 Å². The largest absolute Gasteiger partial charge is 0.467 e. The van der Waals surface area contributed by atoms with Crippen LogP contribution in [0, 0.1) is 13.8 Å². The Morgan fingerprint density at radius 3 is 2.86 bits per heavy atom. The van der Waals surface area contributed by atoms with Gasteiger partial charge in [-0.25, -0.2) is 9.97 Å². The maximum Gasteiger partial charge on any atom is 0.230 e. The highest BCUT2D eigenvalue weighted by atomic mass is 32.2. The van der Waals surface area contributed by atoms with Crippen molar-refractivity contribution in [1.82, 2.24) is 15.3 Å². The van der Waals surface area contributed by atoms with Crippen molar-refractivity contribution in [3.05, 3.63) is 40.4 Å². The quantitative estimate of drug-likeness (QED) is 0.434. The Hall–Kier alpha value is -1.86. The predicted molar refractivity (Wildman–Crippen MR) is 114 cm³/mol. The molecular weight excluding hydrogens is 390 g/mol. The van der Waals surface area contributed by atoms with Gasteiger partial charge in [-0.15, -0.1) is 11.3 Å². The smallest absolute Gasteiger partial charge is 0.230 e. The first-order valence-corrected chi connectivity index (χ1v) is 11.6. The zero-order chi connectivity index (χ0) is 19.5. The fraction of sp³-hybridized carbons (Fsp3) is 0.476. The van der Waals surface area contributed by atoms with Gasteiger partial charge in [0.25, 0.3) is 0 Å². The van der Waals surface area contributed by atoms with Gasteiger partial charge in [0.15, 0.2) is 0 Å². The fourth-order valence-electron chi connectivity index (χ4n) is 3.66. The van der Waals surface area contributed by atoms with E-state index in [0.717, 1.165) is 26.8 Å². The average molecular weight is 416 g/mol. The first-order valence-electron chi connectivity index (χ1n) is 9.81. The third kappa shape index (κ3) is 4.25. The van der Waals surface area contributed by atoms with Crippen LogP contribution in [0.4, 0.5) is 0 Å². The third-order valence-electron chi connectivity index (χ3n) is 5.36. The van der Waals surface area contributed by atoms with Crippen molar-refractivity contribution in [1.29, 1.82) is 0 Å². The molecule has 0 bridgehead atoms. The van der Waals surface area contributed by atoms with Gasteiger partial charge in [0, 0.05) is 16.2 Å². The molecule has 0 radical (unpaired) electrons. The molecule has 0 aliphatic heterocycles. The molecule has 0 saturated heterocycles. The SMILES string of the molecule is Cc1sc2nc(C3CCCCC3)nc(SCC(=O)NCc3ccco3)c2c1C. The van der Waals surface area contributed by atoms with Gasteiger partial charge < -0.3 is 9.73 Å². The van der Waals surface area contributed by atoms with Crippen LogP contribution in [0.1, 0.15) is 60.0 Å². The highest BCUT2D eigenvalue weighted by Gasteiger charge is 2.22. The summed E-state index contributed by atoms with van der Waals surface area (Å²) in [6.45, 7) is 4.67. The van der Waals surface area contributed by atoms with Crippen molar-refractivity contribution in [3.8, 4) is 0 Å². The molecule has 0 aromatic carbocycles. The van der Waals surface area contributed by atoms with Gasteiger partial charge in [-0.3, -0.25) is 4.79 Å². The summed E-state index contributed by atoms with van der Waals surface area (Å²) in [7, 11) is 0. The number of amides is 1. The lowest BCUT2D eigenvalue weighted by molar-refractivity contribution is -0.118. The number of carbonyl (C=O) groups excluding carboxylic acids is 1. The molecule has 1 N–H and O–H groups in total. The minimum absolute atomic E-state index is 0.0167. The average Bonchev–Trinajstić information content (AvgIpc) is 3.33. The molecule has 1 aliphatic carbocycles. The van der Waals surface area contributed by atoms with Crippen molar-refractivity contribution in [2.45, 2.75) is 63.4 Å². The molecule has 1 fully saturated rings. The Kier molecular flexibility index (Phi) is 6.01. The van der Waals surface area contributed by atoms with E-state index in [9.17, 15) is 4.79 Å². The van der Waals surface area contributed by atoms with E-state index in [0.29, 0.717) is 18.2 Å². The van der Waals surface area contributed by atoms with E-state index < -0.39 is 0 Å². The number of carbonyl (C=O) groups is 1. The summed E-state index contributed by atoms with van der Waals surface area (Å²) < 4.78 is 5.26. The molecule has 28 heavy (non-hydrogen) atoms. The molecule has 1 saturated carbocycles. The number of nitrogens with one attached hydrogen (secondary N) is 1. The predicted octanol–water partition coefficient (Wildman–Crippen LogP) is 5.36. The van der Waals surface area contributed by atoms with Crippen LogP contribution >= 0.6 is 23.1 Å². The Morgan fingerprint density at radius 1 is 1.29 bits per heavy atom. The molecule has 7 heteroatoms. The molecule has 0 atom stereocenters. The van der Waals surface area contributed by atoms with Crippen LogP contribution in [0.25, 0.3) is 10.2 Å². The van der Waals surface area contributed by atoms with E-state index >= 15 is 0 Å². The summed E-state index contributed by atoms with van der Waals surface area (Å²) in [6, 6.07) is 3.68. The maximum absolute atomic E-state index is 12.3. The lowest BCUT2D eigenvalue weighted by atomic mass is 9.89. The summed E-state index contributed by atoms with van der Waals surface area (Å²) in [5.41, 5.74) is 1.23. The number of thioether (sulfide) groups is 1. The number of aryl methyl sites for hydroxylation is 2. The van der Waals surface area contributed by atoms with Crippen molar-refractivity contribution < 1.29 is 9.21 Å². The molecule has 148 valence electrons. The Morgan fingerprint density at radius 2 is 2.11 bits per heavy atom. The minimum atomic E-state index is -0.0167. The number of hydrogen-bond donors (Lipinski definition) is 1. The Labute approximate surface area is 173 Å². The maximum atomic E-state index is 12.3. The van der Waals surface area contributed by atoms with Gasteiger partial charge in [-0.1, -0.05) is 31.0 Å². The van der Waals surface area contributed by atoms with Crippen LogP contribution in [0.3, 0.4) is 0 Å². The standard InChI is InChI=1S/C21H25N3O2S2/c1-13-14(2)28-21-18(13)20(23-19(24-21)15-7-4-3-5-8-15)27-12-17(25)22-11-16-9-6-10-26-16/h6,9-10,15H,3-5,7-8,11-12H2,1-2H3,(H,22,25). The van der Waals surface area contributed by atoms with Crippen molar-refractivity contribution in [2.75, 3.05) is 5.75 Å². The van der Waals surface area contributed by atoms with Gasteiger partial charge in [-0.05, 0) is 44.4 Å². The van der Waals surface area contributed by atoms with E-state index in [2.05, 4.69) is 19.2 Å². The van der Waals surface area contributed by atoms with Crippen LogP contribution in [0.5, 0.6) is 0 Å². The number of nitrogens with zero attached hydrogens (tertiary/aromatic N) is 2. The number of thiophene rings is 1. The van der Waals surface area contributed by atoms with Crippen molar-refractivity contribution >= 4 is 39.2 Å². The first kappa shape index (κ1) is 19.5. The van der Waals surface area contributed by atoms with Crippen LogP contribution in [0.2, 0.25) is 0 Å². The molecule has 1 amide bonds. The topological polar surface area (TPSA) is 68.0 Å². The number of aromatic nitrogens is 2. The van der Waals surface area contributed by atoms with Gasteiger partial charge >= 0.3 is 0 Å². The number of furan rings is 1. The van der Waals surface area contributed by atoms with Crippen LogP contribution < -0.4 is 5.32 Å². The normalized spacial score (nSPS) is 15.2. The van der Waals surface area contributed by atoms with Crippen molar-refractivity contribution in [3.63, 3.8) is 0 Å². The monoisotopic (exact) mass is 415 g/mol. The van der Waals surface area contributed by atoms with Gasteiger partial charge in [0.1, 0.15) is 21.4 Å². The van der Waals surface area contributed by atoms with E-state index in [-0.39, 0.29) is 5.91 Å². The highest BCUT2D eigenvalue weighted by molar-refractivity contribution is 8.00. The summed E-state index contributed by atoms with van der Waals surface area (Å²) >= 11 is 3.25. The number of rotatable bonds is 6. The summed E-state index contributed by atoms with van der Waals surface area (Å²) in [5.74, 6) is 2.49. The highest BCUT2D eigenvalue weighted by Crippen LogP contribution is 2.38. The van der Waals surface area contributed by atoms with Crippen LogP contribution in [-0.4, -0.2) is 21.6 Å². The number of hydrogen-bond acceptors (Lipinski definition) is 6. The second-order valence-corrected chi connectivity index (χ2v) is 9.50. The molecule has 1 aliphatic rings. The van der Waals surface area contributed by atoms with Crippen LogP contribution in [-0.2, 0) is 11.3 Å².